The normalized spacial score (nSPS) is 17.5. The summed E-state index contributed by atoms with van der Waals surface area (Å²) in [6.45, 7) is 2.47. The maximum Gasteiger partial charge on any atom is 0.266 e. The van der Waals surface area contributed by atoms with Crippen molar-refractivity contribution in [2.24, 2.45) is 4.99 Å². The molecule has 1 saturated heterocycles. The van der Waals surface area contributed by atoms with Gasteiger partial charge in [0.15, 0.2) is 5.17 Å². The molecule has 2 aromatic carbocycles. The molecule has 0 aromatic heterocycles. The monoisotopic (exact) mass is 354 g/mol. The van der Waals surface area contributed by atoms with Crippen LogP contribution in [0, 0.1) is 0 Å². The molecule has 0 spiro atoms. The van der Waals surface area contributed by atoms with Crippen molar-refractivity contribution in [1.82, 2.24) is 4.90 Å². The van der Waals surface area contributed by atoms with Gasteiger partial charge < -0.3 is 9.84 Å². The minimum absolute atomic E-state index is 0.0622. The largest absolute Gasteiger partial charge is 0.508 e. The van der Waals surface area contributed by atoms with Gasteiger partial charge in [-0.25, -0.2) is 4.99 Å². The van der Waals surface area contributed by atoms with Crippen LogP contribution in [-0.2, 0) is 4.79 Å². The van der Waals surface area contributed by atoms with Gasteiger partial charge in [0.1, 0.15) is 11.5 Å². The molecule has 0 unspecified atom stereocenters. The second-order valence-corrected chi connectivity index (χ2v) is 6.35. The number of amides is 1. The maximum atomic E-state index is 12.6. The van der Waals surface area contributed by atoms with E-state index in [-0.39, 0.29) is 11.7 Å². The number of hydrogen-bond donors (Lipinski definition) is 1. The number of ether oxygens (including phenoxy) is 1. The zero-order valence-corrected chi connectivity index (χ0v) is 14.8. The summed E-state index contributed by atoms with van der Waals surface area (Å²) in [6, 6.07) is 14.1. The first kappa shape index (κ1) is 17.1. The van der Waals surface area contributed by atoms with Gasteiger partial charge in [0.05, 0.1) is 17.7 Å². The van der Waals surface area contributed by atoms with Crippen molar-refractivity contribution in [3.8, 4) is 11.5 Å². The van der Waals surface area contributed by atoms with Gasteiger partial charge in [-0.05, 0) is 66.7 Å². The number of phenols is 1. The quantitative estimate of drug-likeness (QED) is 0.842. The molecule has 3 rings (SSSR count). The van der Waals surface area contributed by atoms with E-state index < -0.39 is 0 Å². The summed E-state index contributed by atoms with van der Waals surface area (Å²) in [7, 11) is 1.62. The Kier molecular flexibility index (Phi) is 5.09. The molecule has 2 aromatic rings. The lowest BCUT2D eigenvalue weighted by Gasteiger charge is -2.12. The number of phenolic OH excluding ortho intramolecular Hbond substituents is 1. The highest BCUT2D eigenvalue weighted by Crippen LogP contribution is 2.34. The molecule has 1 aliphatic rings. The fourth-order valence-electron chi connectivity index (χ4n) is 2.36. The summed E-state index contributed by atoms with van der Waals surface area (Å²) in [6.07, 6.45) is 1.81. The number of aliphatic imine (C=N–C) groups is 1. The van der Waals surface area contributed by atoms with Gasteiger partial charge in [-0.1, -0.05) is 12.1 Å². The van der Waals surface area contributed by atoms with Gasteiger partial charge in [-0.15, -0.1) is 0 Å². The molecular formula is C19H18N2O3S. The average molecular weight is 354 g/mol. The average Bonchev–Trinajstić information content (AvgIpc) is 2.92. The van der Waals surface area contributed by atoms with Crippen molar-refractivity contribution in [3.63, 3.8) is 0 Å². The summed E-state index contributed by atoms with van der Waals surface area (Å²) in [5, 5.41) is 10.0. The number of carbonyl (C=O) groups is 1. The fourth-order valence-corrected chi connectivity index (χ4v) is 3.42. The standard InChI is InChI=1S/C19H18N2O3S/c1-3-21-18(23)17(12-13-4-8-15(22)9-5-13)25-19(21)20-14-6-10-16(24-2)11-7-14/h4-12,22H,3H2,1-2H3/b17-12+,20-19?. The number of rotatable bonds is 4. The van der Waals surface area contributed by atoms with Crippen LogP contribution in [0.4, 0.5) is 5.69 Å². The minimum Gasteiger partial charge on any atom is -0.508 e. The number of carbonyl (C=O) groups excluding carboxylic acids is 1. The van der Waals surface area contributed by atoms with E-state index in [4.69, 9.17) is 4.74 Å². The molecule has 128 valence electrons. The van der Waals surface area contributed by atoms with Gasteiger partial charge in [-0.2, -0.15) is 0 Å². The Morgan fingerprint density at radius 2 is 1.84 bits per heavy atom. The lowest BCUT2D eigenvalue weighted by atomic mass is 10.2. The van der Waals surface area contributed by atoms with E-state index in [0.29, 0.717) is 16.6 Å². The first-order valence-electron chi connectivity index (χ1n) is 7.84. The van der Waals surface area contributed by atoms with Crippen LogP contribution in [0.25, 0.3) is 6.08 Å². The van der Waals surface area contributed by atoms with E-state index in [2.05, 4.69) is 4.99 Å². The highest BCUT2D eigenvalue weighted by atomic mass is 32.2. The smallest absolute Gasteiger partial charge is 0.266 e. The minimum atomic E-state index is -0.0622. The van der Waals surface area contributed by atoms with Crippen LogP contribution in [0.2, 0.25) is 0 Å². The van der Waals surface area contributed by atoms with Gasteiger partial charge in [0, 0.05) is 6.54 Å². The van der Waals surface area contributed by atoms with Crippen molar-refractivity contribution in [2.75, 3.05) is 13.7 Å². The third kappa shape index (κ3) is 3.85. The Hall–Kier alpha value is -2.73. The predicted molar refractivity (Wildman–Crippen MR) is 101 cm³/mol. The van der Waals surface area contributed by atoms with Crippen molar-refractivity contribution in [2.45, 2.75) is 6.92 Å². The molecule has 0 radical (unpaired) electrons. The van der Waals surface area contributed by atoms with E-state index in [9.17, 15) is 9.90 Å². The number of hydrogen-bond acceptors (Lipinski definition) is 5. The third-order valence-corrected chi connectivity index (χ3v) is 4.70. The molecular weight excluding hydrogens is 336 g/mol. The number of benzene rings is 2. The molecule has 0 aliphatic carbocycles. The molecule has 1 fully saturated rings. The number of thioether (sulfide) groups is 1. The Morgan fingerprint density at radius 3 is 2.44 bits per heavy atom. The summed E-state index contributed by atoms with van der Waals surface area (Å²) in [5.74, 6) is 0.900. The Balaban J connectivity index is 1.88. The molecule has 1 N–H and O–H groups in total. The predicted octanol–water partition coefficient (Wildman–Crippen LogP) is 4.02. The summed E-state index contributed by atoms with van der Waals surface area (Å²) >= 11 is 1.35. The SMILES string of the molecule is CCN1C(=O)/C(=C\c2ccc(O)cc2)SC1=Nc1ccc(OC)cc1. The lowest BCUT2D eigenvalue weighted by molar-refractivity contribution is -0.122. The number of aromatic hydroxyl groups is 1. The van der Waals surface area contributed by atoms with E-state index in [1.807, 2.05) is 37.3 Å². The second kappa shape index (κ2) is 7.44. The first-order chi connectivity index (χ1) is 12.1. The van der Waals surface area contributed by atoms with E-state index in [1.54, 1.807) is 36.3 Å². The summed E-state index contributed by atoms with van der Waals surface area (Å²) in [4.78, 5) is 19.5. The highest BCUT2D eigenvalue weighted by molar-refractivity contribution is 8.18. The van der Waals surface area contributed by atoms with Crippen LogP contribution in [0.3, 0.4) is 0 Å². The lowest BCUT2D eigenvalue weighted by Crippen LogP contribution is -2.28. The van der Waals surface area contributed by atoms with Gasteiger partial charge in [-0.3, -0.25) is 9.69 Å². The molecule has 5 nitrogen and oxygen atoms in total. The molecule has 0 saturated carbocycles. The molecule has 0 bridgehead atoms. The molecule has 0 atom stereocenters. The van der Waals surface area contributed by atoms with Crippen LogP contribution in [0.15, 0.2) is 58.4 Å². The zero-order valence-electron chi connectivity index (χ0n) is 14.0. The molecule has 6 heteroatoms. The third-order valence-electron chi connectivity index (χ3n) is 3.69. The van der Waals surface area contributed by atoms with E-state index >= 15 is 0 Å². The van der Waals surface area contributed by atoms with Gasteiger partial charge in [0.2, 0.25) is 0 Å². The molecule has 1 amide bonds. The first-order valence-corrected chi connectivity index (χ1v) is 8.65. The van der Waals surface area contributed by atoms with Gasteiger partial charge in [0.25, 0.3) is 5.91 Å². The van der Waals surface area contributed by atoms with Crippen molar-refractivity contribution >= 4 is 34.6 Å². The number of methoxy groups -OCH3 is 1. The Labute approximate surface area is 150 Å². The van der Waals surface area contributed by atoms with Crippen molar-refractivity contribution in [1.29, 1.82) is 0 Å². The van der Waals surface area contributed by atoms with E-state index in [1.165, 1.54) is 11.8 Å². The van der Waals surface area contributed by atoms with Crippen LogP contribution in [-0.4, -0.2) is 34.7 Å². The van der Waals surface area contributed by atoms with Crippen LogP contribution < -0.4 is 4.74 Å². The molecule has 1 aliphatic heterocycles. The number of nitrogens with zero attached hydrogens (tertiary/aromatic N) is 2. The number of likely N-dealkylation sites (N-methyl/N-ethyl adjacent to an activating group) is 1. The molecule has 1 heterocycles. The fraction of sp³-hybridized carbons (Fsp3) is 0.158. The van der Waals surface area contributed by atoms with Crippen molar-refractivity contribution in [3.05, 3.63) is 59.0 Å². The van der Waals surface area contributed by atoms with E-state index in [0.717, 1.165) is 17.0 Å². The topological polar surface area (TPSA) is 62.1 Å². The Bertz CT molecular complexity index is 827. The highest BCUT2D eigenvalue weighted by Gasteiger charge is 2.32. The van der Waals surface area contributed by atoms with Gasteiger partial charge >= 0.3 is 0 Å². The second-order valence-electron chi connectivity index (χ2n) is 5.34. The molecule has 25 heavy (non-hydrogen) atoms. The summed E-state index contributed by atoms with van der Waals surface area (Å²) in [5.41, 5.74) is 1.62. The van der Waals surface area contributed by atoms with Crippen molar-refractivity contribution < 1.29 is 14.6 Å². The van der Waals surface area contributed by atoms with Crippen LogP contribution in [0.1, 0.15) is 12.5 Å². The zero-order chi connectivity index (χ0) is 17.8. The van der Waals surface area contributed by atoms with Crippen LogP contribution >= 0.6 is 11.8 Å². The summed E-state index contributed by atoms with van der Waals surface area (Å²) < 4.78 is 5.15. The van der Waals surface area contributed by atoms with Crippen LogP contribution in [0.5, 0.6) is 11.5 Å². The number of amidine groups is 1. The Morgan fingerprint density at radius 1 is 1.16 bits per heavy atom. The maximum absolute atomic E-state index is 12.6.